The van der Waals surface area contributed by atoms with Crippen LogP contribution in [0.4, 0.5) is 4.79 Å². The van der Waals surface area contributed by atoms with Crippen molar-refractivity contribution in [1.29, 1.82) is 0 Å². The molecule has 0 aliphatic carbocycles. The lowest BCUT2D eigenvalue weighted by Gasteiger charge is -2.42. The fourth-order valence-electron chi connectivity index (χ4n) is 4.68. The Bertz CT molecular complexity index is 1190. The Morgan fingerprint density at radius 1 is 0.900 bits per heavy atom. The van der Waals surface area contributed by atoms with Gasteiger partial charge in [-0.2, -0.15) is 0 Å². The summed E-state index contributed by atoms with van der Waals surface area (Å²) < 4.78 is 23.5. The first-order valence-corrected chi connectivity index (χ1v) is 13.7. The lowest BCUT2D eigenvalue weighted by molar-refractivity contribution is -0.283. The monoisotopic (exact) mass is 547 g/mol. The summed E-state index contributed by atoms with van der Waals surface area (Å²) in [7, 11) is 0. The van der Waals surface area contributed by atoms with E-state index in [2.05, 4.69) is 0 Å². The summed E-state index contributed by atoms with van der Waals surface area (Å²) in [6.45, 7) is 4.58. The molecule has 1 amide bonds. The lowest BCUT2D eigenvalue weighted by Crippen LogP contribution is -2.56. The molecule has 0 bridgehead atoms. The number of hydrogen-bond acceptors (Lipinski definition) is 7. The van der Waals surface area contributed by atoms with E-state index in [0.717, 1.165) is 11.1 Å². The highest BCUT2D eigenvalue weighted by atomic mass is 16.7. The Balaban J connectivity index is 1.42. The number of esters is 1. The summed E-state index contributed by atoms with van der Waals surface area (Å²) in [5.41, 5.74) is 2.20. The molecule has 1 N–H and O–H groups in total. The molecule has 8 nitrogen and oxygen atoms in total. The van der Waals surface area contributed by atoms with Crippen LogP contribution in [0.3, 0.4) is 0 Å². The van der Waals surface area contributed by atoms with Crippen LogP contribution in [0.25, 0.3) is 0 Å². The molecule has 0 radical (unpaired) electrons. The van der Waals surface area contributed by atoms with Gasteiger partial charge in [0, 0.05) is 19.0 Å². The Kier molecular flexibility index (Phi) is 10.7. The van der Waals surface area contributed by atoms with Crippen molar-refractivity contribution in [2.45, 2.75) is 58.0 Å². The standard InChI is InChI=1S/C32H37NO7/c1-3-27-23(2)28(34)29(40-30(35)26-17-11-6-12-18-26)31(39-27)37-20-19-33(21-24-13-7-4-8-14-24)32(36)38-22-25-15-9-5-10-16-25/h4-18,23,27-29,31,34H,3,19-22H2,1-2H3/t23-,27?,28+,29?,31+/m1/s1. The summed E-state index contributed by atoms with van der Waals surface area (Å²) in [6.07, 6.45) is -3.10. The van der Waals surface area contributed by atoms with E-state index in [9.17, 15) is 14.7 Å². The molecule has 4 rings (SSSR count). The number of aliphatic hydroxyl groups is 1. The van der Waals surface area contributed by atoms with Crippen molar-refractivity contribution in [3.05, 3.63) is 108 Å². The van der Waals surface area contributed by atoms with Gasteiger partial charge in [0.2, 0.25) is 0 Å². The van der Waals surface area contributed by atoms with Crippen LogP contribution in [0, 0.1) is 5.92 Å². The van der Waals surface area contributed by atoms with Crippen molar-refractivity contribution in [2.24, 2.45) is 5.92 Å². The minimum atomic E-state index is -1.03. The number of amides is 1. The molecule has 212 valence electrons. The van der Waals surface area contributed by atoms with Crippen LogP contribution in [-0.4, -0.2) is 59.8 Å². The van der Waals surface area contributed by atoms with Gasteiger partial charge in [-0.25, -0.2) is 9.59 Å². The maximum atomic E-state index is 13.1. The van der Waals surface area contributed by atoms with Gasteiger partial charge in [0.05, 0.1) is 18.3 Å². The van der Waals surface area contributed by atoms with Crippen LogP contribution < -0.4 is 0 Å². The quantitative estimate of drug-likeness (QED) is 0.330. The fraction of sp³-hybridized carbons (Fsp3) is 0.375. The Hall–Kier alpha value is -3.72. The molecule has 3 aromatic carbocycles. The van der Waals surface area contributed by atoms with Crippen LogP contribution in [-0.2, 0) is 32.1 Å². The molecule has 0 saturated carbocycles. The summed E-state index contributed by atoms with van der Waals surface area (Å²) in [5.74, 6) is -0.833. The van der Waals surface area contributed by atoms with Crippen LogP contribution >= 0.6 is 0 Å². The van der Waals surface area contributed by atoms with Crippen molar-refractivity contribution in [1.82, 2.24) is 4.90 Å². The summed E-state index contributed by atoms with van der Waals surface area (Å²) in [6, 6.07) is 27.7. The highest BCUT2D eigenvalue weighted by molar-refractivity contribution is 5.89. The average Bonchev–Trinajstić information content (AvgIpc) is 3.00. The first-order chi connectivity index (χ1) is 19.5. The maximum absolute atomic E-state index is 13.1. The van der Waals surface area contributed by atoms with Crippen LogP contribution in [0.15, 0.2) is 91.0 Å². The van der Waals surface area contributed by atoms with Gasteiger partial charge in [0.25, 0.3) is 0 Å². The predicted octanol–water partition coefficient (Wildman–Crippen LogP) is 5.20. The predicted molar refractivity (Wildman–Crippen MR) is 149 cm³/mol. The minimum Gasteiger partial charge on any atom is -0.451 e. The second-order valence-corrected chi connectivity index (χ2v) is 9.85. The van der Waals surface area contributed by atoms with Gasteiger partial charge in [0.15, 0.2) is 12.4 Å². The number of rotatable bonds is 11. The van der Waals surface area contributed by atoms with Crippen molar-refractivity contribution in [3.8, 4) is 0 Å². The van der Waals surface area contributed by atoms with Crippen molar-refractivity contribution in [2.75, 3.05) is 13.2 Å². The summed E-state index contributed by atoms with van der Waals surface area (Å²) >= 11 is 0. The molecule has 1 aliphatic heterocycles. The normalized spacial score (nSPS) is 22.3. The largest absolute Gasteiger partial charge is 0.451 e. The third kappa shape index (κ3) is 7.91. The Morgan fingerprint density at radius 3 is 2.12 bits per heavy atom. The van der Waals surface area contributed by atoms with E-state index in [1.165, 1.54) is 0 Å². The summed E-state index contributed by atoms with van der Waals surface area (Å²) in [5, 5.41) is 11.1. The number of benzene rings is 3. The molecule has 1 saturated heterocycles. The van der Waals surface area contributed by atoms with Gasteiger partial charge < -0.3 is 29.0 Å². The zero-order valence-corrected chi connectivity index (χ0v) is 22.9. The van der Waals surface area contributed by atoms with Gasteiger partial charge in [-0.05, 0) is 29.7 Å². The van der Waals surface area contributed by atoms with Crippen molar-refractivity contribution < 1.29 is 33.6 Å². The van der Waals surface area contributed by atoms with E-state index in [1.54, 1.807) is 35.2 Å². The molecule has 0 aromatic heterocycles. The molecule has 1 heterocycles. The number of aliphatic hydroxyl groups excluding tert-OH is 1. The van der Waals surface area contributed by atoms with Gasteiger partial charge >= 0.3 is 12.1 Å². The minimum absolute atomic E-state index is 0.0782. The van der Waals surface area contributed by atoms with Gasteiger partial charge in [-0.1, -0.05) is 92.7 Å². The van der Waals surface area contributed by atoms with Gasteiger partial charge in [-0.3, -0.25) is 0 Å². The van der Waals surface area contributed by atoms with E-state index < -0.39 is 30.6 Å². The zero-order chi connectivity index (χ0) is 28.3. The second kappa shape index (κ2) is 14.6. The molecule has 8 heteroatoms. The summed E-state index contributed by atoms with van der Waals surface area (Å²) in [4.78, 5) is 27.4. The van der Waals surface area contributed by atoms with Gasteiger partial charge in [-0.15, -0.1) is 0 Å². The highest BCUT2D eigenvalue weighted by Crippen LogP contribution is 2.31. The number of nitrogens with zero attached hydrogens (tertiary/aromatic N) is 1. The SMILES string of the molecule is CCC1O[C@H](OCCN(Cc2ccccc2)C(=O)OCc2ccccc2)C(OC(=O)c2ccccc2)[C@@H](O)[C@@H]1C. The zero-order valence-electron chi connectivity index (χ0n) is 22.9. The molecule has 2 unspecified atom stereocenters. The van der Waals surface area contributed by atoms with E-state index in [0.29, 0.717) is 18.5 Å². The first-order valence-electron chi connectivity index (χ1n) is 13.7. The van der Waals surface area contributed by atoms with E-state index in [1.807, 2.05) is 74.5 Å². The molecule has 1 aliphatic rings. The van der Waals surface area contributed by atoms with E-state index in [-0.39, 0.29) is 31.8 Å². The molecular weight excluding hydrogens is 510 g/mol. The highest BCUT2D eigenvalue weighted by Gasteiger charge is 2.45. The van der Waals surface area contributed by atoms with Crippen molar-refractivity contribution in [3.63, 3.8) is 0 Å². The van der Waals surface area contributed by atoms with E-state index >= 15 is 0 Å². The smallest absolute Gasteiger partial charge is 0.410 e. The van der Waals surface area contributed by atoms with Crippen molar-refractivity contribution >= 4 is 12.1 Å². The topological polar surface area (TPSA) is 94.5 Å². The molecule has 5 atom stereocenters. The first kappa shape index (κ1) is 29.3. The Labute approximate surface area is 235 Å². The lowest BCUT2D eigenvalue weighted by atomic mass is 9.89. The molecule has 40 heavy (non-hydrogen) atoms. The van der Waals surface area contributed by atoms with Gasteiger partial charge in [0.1, 0.15) is 12.7 Å². The number of ether oxygens (including phenoxy) is 4. The number of carbonyl (C=O) groups is 2. The molecule has 1 fully saturated rings. The number of hydrogen-bond donors (Lipinski definition) is 1. The molecular formula is C32H37NO7. The maximum Gasteiger partial charge on any atom is 0.410 e. The third-order valence-electron chi connectivity index (χ3n) is 7.02. The number of carbonyl (C=O) groups excluding carboxylic acids is 2. The molecule has 3 aromatic rings. The van der Waals surface area contributed by atoms with Crippen LogP contribution in [0.2, 0.25) is 0 Å². The Morgan fingerprint density at radius 2 is 1.50 bits per heavy atom. The van der Waals surface area contributed by atoms with E-state index in [4.69, 9.17) is 18.9 Å². The van der Waals surface area contributed by atoms with Crippen LogP contribution in [0.5, 0.6) is 0 Å². The molecule has 0 spiro atoms. The second-order valence-electron chi connectivity index (χ2n) is 9.85. The third-order valence-corrected chi connectivity index (χ3v) is 7.02. The fourth-order valence-corrected chi connectivity index (χ4v) is 4.68. The average molecular weight is 548 g/mol. The van der Waals surface area contributed by atoms with Crippen LogP contribution in [0.1, 0.15) is 41.8 Å².